The van der Waals surface area contributed by atoms with Crippen LogP contribution in [0.5, 0.6) is 0 Å². The first kappa shape index (κ1) is 9.43. The number of halogens is 1. The second-order valence-corrected chi connectivity index (χ2v) is 4.01. The summed E-state index contributed by atoms with van der Waals surface area (Å²) in [5.74, 6) is 0.456. The number of carbonyl (C=O) groups excluding carboxylic acids is 1. The van der Waals surface area contributed by atoms with Crippen molar-refractivity contribution in [2.75, 3.05) is 0 Å². The quantitative estimate of drug-likeness (QED) is 0.741. The summed E-state index contributed by atoms with van der Waals surface area (Å²) in [6.45, 7) is 1.69. The van der Waals surface area contributed by atoms with Crippen molar-refractivity contribution in [3.8, 4) is 10.6 Å². The van der Waals surface area contributed by atoms with Gasteiger partial charge in [-0.1, -0.05) is 11.2 Å². The molecular formula is C9H6ClNO2S. The van der Waals surface area contributed by atoms with E-state index in [1.165, 1.54) is 11.3 Å². The fraction of sp³-hybridized carbons (Fsp3) is 0.111. The average molecular weight is 228 g/mol. The predicted molar refractivity (Wildman–Crippen MR) is 54.7 cm³/mol. The van der Waals surface area contributed by atoms with Crippen LogP contribution in [0.1, 0.15) is 16.1 Å². The molecule has 2 aromatic rings. The molecule has 0 radical (unpaired) electrons. The van der Waals surface area contributed by atoms with Crippen LogP contribution in [0.25, 0.3) is 10.6 Å². The minimum atomic E-state index is -0.535. The Morgan fingerprint density at radius 3 is 3.00 bits per heavy atom. The van der Waals surface area contributed by atoms with E-state index in [-0.39, 0.29) is 0 Å². The van der Waals surface area contributed by atoms with Crippen LogP contribution in [0, 0.1) is 6.92 Å². The van der Waals surface area contributed by atoms with Crippen LogP contribution >= 0.6 is 22.9 Å². The number of aromatic nitrogens is 1. The standard InChI is InChI=1S/C9H6ClNO2S/c1-5-7(9(10)12)8(13-11-5)6-3-2-4-14-6/h2-4H,1H3. The van der Waals surface area contributed by atoms with E-state index in [4.69, 9.17) is 16.1 Å². The van der Waals surface area contributed by atoms with Gasteiger partial charge >= 0.3 is 0 Å². The Balaban J connectivity index is 2.60. The summed E-state index contributed by atoms with van der Waals surface area (Å²) >= 11 is 6.91. The Morgan fingerprint density at radius 1 is 1.64 bits per heavy atom. The smallest absolute Gasteiger partial charge is 0.258 e. The molecule has 0 aliphatic carbocycles. The summed E-state index contributed by atoms with van der Waals surface area (Å²) in [6, 6.07) is 3.73. The second kappa shape index (κ2) is 3.55. The van der Waals surface area contributed by atoms with Gasteiger partial charge in [0, 0.05) is 0 Å². The lowest BCUT2D eigenvalue weighted by Gasteiger charge is -1.92. The lowest BCUT2D eigenvalue weighted by Crippen LogP contribution is -1.91. The van der Waals surface area contributed by atoms with Gasteiger partial charge in [0.05, 0.1) is 10.6 Å². The van der Waals surface area contributed by atoms with Crippen molar-refractivity contribution in [3.05, 3.63) is 28.8 Å². The summed E-state index contributed by atoms with van der Waals surface area (Å²) in [5, 5.41) is 5.08. The first-order valence-corrected chi connectivity index (χ1v) is 5.16. The largest absolute Gasteiger partial charge is 0.354 e. The fourth-order valence-corrected chi connectivity index (χ4v) is 2.11. The molecule has 72 valence electrons. The third-order valence-corrected chi connectivity index (χ3v) is 2.86. The van der Waals surface area contributed by atoms with E-state index in [1.807, 2.05) is 17.5 Å². The predicted octanol–water partition coefficient (Wildman–Crippen LogP) is 3.09. The Kier molecular flexibility index (Phi) is 2.39. The second-order valence-electron chi connectivity index (χ2n) is 2.72. The molecule has 0 saturated heterocycles. The number of nitrogens with zero attached hydrogens (tertiary/aromatic N) is 1. The first-order valence-electron chi connectivity index (χ1n) is 3.90. The Labute approximate surface area is 89.3 Å². The summed E-state index contributed by atoms with van der Waals surface area (Å²) in [7, 11) is 0. The van der Waals surface area contributed by atoms with Crippen LogP contribution in [0.3, 0.4) is 0 Å². The van der Waals surface area contributed by atoms with Crippen molar-refractivity contribution in [2.24, 2.45) is 0 Å². The van der Waals surface area contributed by atoms with Crippen LogP contribution in [0.4, 0.5) is 0 Å². The number of hydrogen-bond acceptors (Lipinski definition) is 4. The van der Waals surface area contributed by atoms with Crippen molar-refractivity contribution >= 4 is 28.2 Å². The van der Waals surface area contributed by atoms with Gasteiger partial charge in [-0.3, -0.25) is 4.79 Å². The van der Waals surface area contributed by atoms with Crippen LogP contribution in [-0.4, -0.2) is 10.4 Å². The molecule has 0 aromatic carbocycles. The van der Waals surface area contributed by atoms with Crippen molar-refractivity contribution in [2.45, 2.75) is 6.92 Å². The van der Waals surface area contributed by atoms with Crippen molar-refractivity contribution in [1.82, 2.24) is 5.16 Å². The van der Waals surface area contributed by atoms with Crippen LogP contribution in [0.2, 0.25) is 0 Å². The van der Waals surface area contributed by atoms with E-state index in [2.05, 4.69) is 5.16 Å². The van der Waals surface area contributed by atoms with E-state index >= 15 is 0 Å². The highest BCUT2D eigenvalue weighted by Crippen LogP contribution is 2.30. The normalized spacial score (nSPS) is 10.4. The van der Waals surface area contributed by atoms with Crippen LogP contribution in [0.15, 0.2) is 22.0 Å². The molecule has 5 heteroatoms. The molecule has 2 aromatic heterocycles. The molecule has 0 aliphatic heterocycles. The van der Waals surface area contributed by atoms with Gasteiger partial charge in [-0.05, 0) is 30.0 Å². The number of carbonyl (C=O) groups is 1. The summed E-state index contributed by atoms with van der Waals surface area (Å²) in [5.41, 5.74) is 0.877. The zero-order valence-corrected chi connectivity index (χ0v) is 8.85. The molecule has 2 heterocycles. The summed E-state index contributed by atoms with van der Waals surface area (Å²) in [4.78, 5) is 12.0. The average Bonchev–Trinajstić information content (AvgIpc) is 2.70. The van der Waals surface area contributed by atoms with E-state index in [0.29, 0.717) is 17.0 Å². The number of thiophene rings is 1. The van der Waals surface area contributed by atoms with E-state index < -0.39 is 5.24 Å². The lowest BCUT2D eigenvalue weighted by atomic mass is 10.2. The van der Waals surface area contributed by atoms with Gasteiger partial charge in [0.2, 0.25) is 0 Å². The monoisotopic (exact) mass is 227 g/mol. The van der Waals surface area contributed by atoms with Crippen molar-refractivity contribution < 1.29 is 9.32 Å². The molecule has 0 saturated carbocycles. The fourth-order valence-electron chi connectivity index (χ4n) is 1.18. The van der Waals surface area contributed by atoms with Gasteiger partial charge in [-0.2, -0.15) is 0 Å². The van der Waals surface area contributed by atoms with Gasteiger partial charge in [-0.25, -0.2) is 0 Å². The minimum absolute atomic E-state index is 0.356. The molecule has 0 unspecified atom stereocenters. The number of rotatable bonds is 2. The van der Waals surface area contributed by atoms with Crippen molar-refractivity contribution in [3.63, 3.8) is 0 Å². The summed E-state index contributed by atoms with van der Waals surface area (Å²) in [6.07, 6.45) is 0. The SMILES string of the molecule is Cc1noc(-c2cccs2)c1C(=O)Cl. The highest BCUT2D eigenvalue weighted by Gasteiger charge is 2.20. The molecule has 0 amide bonds. The van der Waals surface area contributed by atoms with Crippen LogP contribution < -0.4 is 0 Å². The number of aryl methyl sites for hydroxylation is 1. The molecular weight excluding hydrogens is 222 g/mol. The number of hydrogen-bond donors (Lipinski definition) is 0. The zero-order valence-electron chi connectivity index (χ0n) is 7.28. The molecule has 0 fully saturated rings. The Morgan fingerprint density at radius 2 is 2.43 bits per heavy atom. The topological polar surface area (TPSA) is 43.1 Å². The molecule has 0 N–H and O–H groups in total. The van der Waals surface area contributed by atoms with E-state index in [0.717, 1.165) is 4.88 Å². The molecule has 0 aliphatic rings. The molecule has 0 bridgehead atoms. The summed E-state index contributed by atoms with van der Waals surface area (Å²) < 4.78 is 5.06. The van der Waals surface area contributed by atoms with Crippen LogP contribution in [-0.2, 0) is 0 Å². The lowest BCUT2D eigenvalue weighted by molar-refractivity contribution is 0.108. The third-order valence-electron chi connectivity index (χ3n) is 1.80. The van der Waals surface area contributed by atoms with E-state index in [1.54, 1.807) is 6.92 Å². The van der Waals surface area contributed by atoms with Gasteiger partial charge in [0.1, 0.15) is 5.56 Å². The van der Waals surface area contributed by atoms with Gasteiger partial charge in [-0.15, -0.1) is 11.3 Å². The van der Waals surface area contributed by atoms with Gasteiger partial charge in [0.15, 0.2) is 5.76 Å². The van der Waals surface area contributed by atoms with E-state index in [9.17, 15) is 4.79 Å². The zero-order chi connectivity index (χ0) is 10.1. The highest BCUT2D eigenvalue weighted by molar-refractivity contribution is 7.13. The Hall–Kier alpha value is -1.13. The maximum Gasteiger partial charge on any atom is 0.258 e. The van der Waals surface area contributed by atoms with Gasteiger partial charge < -0.3 is 4.52 Å². The molecule has 0 spiro atoms. The first-order chi connectivity index (χ1) is 6.70. The molecule has 2 rings (SSSR count). The maximum absolute atomic E-state index is 11.1. The molecule has 3 nitrogen and oxygen atoms in total. The molecule has 0 atom stereocenters. The van der Waals surface area contributed by atoms with Crippen molar-refractivity contribution in [1.29, 1.82) is 0 Å². The maximum atomic E-state index is 11.1. The third kappa shape index (κ3) is 1.47. The van der Waals surface area contributed by atoms with Gasteiger partial charge in [0.25, 0.3) is 5.24 Å². The molecule has 14 heavy (non-hydrogen) atoms. The minimum Gasteiger partial charge on any atom is -0.354 e. The Bertz CT molecular complexity index is 461. The highest BCUT2D eigenvalue weighted by atomic mass is 35.5.